The molecule has 0 bridgehead atoms. The van der Waals surface area contributed by atoms with Crippen molar-refractivity contribution in [2.75, 3.05) is 11.5 Å². The first kappa shape index (κ1) is 22.8. The number of carboxylic acids is 1. The molecule has 2 aromatic rings. The van der Waals surface area contributed by atoms with E-state index in [0.717, 1.165) is 20.5 Å². The quantitative estimate of drug-likeness (QED) is 0.369. The molecule has 2 atom stereocenters. The number of aryl methyl sites for hydroxylation is 1. The lowest BCUT2D eigenvalue weighted by molar-refractivity contribution is -0.150. The van der Waals surface area contributed by atoms with E-state index >= 15 is 0 Å². The van der Waals surface area contributed by atoms with Gasteiger partial charge in [-0.2, -0.15) is 0 Å². The fourth-order valence-corrected chi connectivity index (χ4v) is 6.91. The minimum atomic E-state index is -1.14. The molecule has 1 aromatic carbocycles. The zero-order chi connectivity index (χ0) is 22.8. The van der Waals surface area contributed by atoms with Crippen LogP contribution in [0.3, 0.4) is 0 Å². The van der Waals surface area contributed by atoms with Gasteiger partial charge in [0, 0.05) is 18.1 Å². The number of hydrogen-bond acceptors (Lipinski definition) is 9. The third-order valence-corrected chi connectivity index (χ3v) is 8.53. The lowest BCUT2D eigenvalue weighted by atomic mass is 10.0. The van der Waals surface area contributed by atoms with E-state index in [2.05, 4.69) is 15.5 Å². The van der Waals surface area contributed by atoms with Crippen molar-refractivity contribution in [1.29, 1.82) is 0 Å². The summed E-state index contributed by atoms with van der Waals surface area (Å²) in [7, 11) is 0. The molecule has 2 aliphatic heterocycles. The molecule has 3 heterocycles. The zero-order valence-corrected chi connectivity index (χ0v) is 19.6. The van der Waals surface area contributed by atoms with E-state index < -0.39 is 23.3 Å². The maximum atomic E-state index is 12.8. The van der Waals surface area contributed by atoms with E-state index in [1.165, 1.54) is 39.8 Å². The fraction of sp³-hybridized carbons (Fsp3) is 0.350. The van der Waals surface area contributed by atoms with Crippen LogP contribution >= 0.6 is 34.9 Å². The Morgan fingerprint density at radius 2 is 2.06 bits per heavy atom. The number of carbonyl (C=O) groups excluding carboxylic acids is 2. The van der Waals surface area contributed by atoms with Crippen molar-refractivity contribution in [1.82, 2.24) is 20.4 Å². The number of carboxylic acid groups (broad SMARTS) is 1. The standard InChI is InChI=1S/C20H21N5O4S3/c1-10-23-24-20(32-10)31-9-13-8-30-18-15(17(27)25(18)16(13)19(28)29)22-14(26)6-11-4-2-3-5-12(11)7-21/h2-5,15,18H,6-9,21H2,1H3,(H,22,26)(H,28,29)/t15?,18-/m1/s1. The van der Waals surface area contributed by atoms with Crippen LogP contribution < -0.4 is 11.1 Å². The Balaban J connectivity index is 1.43. The van der Waals surface area contributed by atoms with E-state index in [1.807, 2.05) is 31.2 Å². The monoisotopic (exact) mass is 491 g/mol. The van der Waals surface area contributed by atoms with Crippen LogP contribution in [0.1, 0.15) is 16.1 Å². The number of nitrogens with zero attached hydrogens (tertiary/aromatic N) is 3. The highest BCUT2D eigenvalue weighted by Crippen LogP contribution is 2.41. The molecule has 2 amide bonds. The Bertz CT molecular complexity index is 1100. The SMILES string of the molecule is Cc1nnc(SCC2=C(C(=O)O)N3C(=O)C(NC(=O)Cc4ccccc4CN)[C@H]3SC2)s1. The average Bonchev–Trinajstić information content (AvgIpc) is 3.20. The Kier molecular flexibility index (Phi) is 6.84. The smallest absolute Gasteiger partial charge is 0.352 e. The number of aliphatic carboxylic acids is 1. The molecule has 9 nitrogen and oxygen atoms in total. The number of amides is 2. The van der Waals surface area contributed by atoms with Gasteiger partial charge < -0.3 is 16.2 Å². The van der Waals surface area contributed by atoms with Crippen molar-refractivity contribution in [3.8, 4) is 0 Å². The number of rotatable bonds is 8. The summed E-state index contributed by atoms with van der Waals surface area (Å²) in [5, 5.41) is 21.0. The molecule has 168 valence electrons. The summed E-state index contributed by atoms with van der Waals surface area (Å²) in [4.78, 5) is 38.6. The first-order valence-corrected chi connectivity index (χ1v) is 12.6. The van der Waals surface area contributed by atoms with Crippen molar-refractivity contribution < 1.29 is 19.5 Å². The molecule has 0 radical (unpaired) electrons. The molecular weight excluding hydrogens is 470 g/mol. The summed E-state index contributed by atoms with van der Waals surface area (Å²) < 4.78 is 0.754. The minimum Gasteiger partial charge on any atom is -0.477 e. The molecule has 4 N–H and O–H groups in total. The molecule has 0 aliphatic carbocycles. The van der Waals surface area contributed by atoms with Gasteiger partial charge in [0.2, 0.25) is 5.91 Å². The second-order valence-electron chi connectivity index (χ2n) is 7.24. The lowest BCUT2D eigenvalue weighted by Gasteiger charge is -2.49. The van der Waals surface area contributed by atoms with Crippen LogP contribution in [0.4, 0.5) is 0 Å². The normalized spacial score (nSPS) is 20.1. The highest BCUT2D eigenvalue weighted by atomic mass is 32.2. The van der Waals surface area contributed by atoms with E-state index in [4.69, 9.17) is 5.73 Å². The summed E-state index contributed by atoms with van der Waals surface area (Å²) in [6.07, 6.45) is 0.110. The molecule has 1 fully saturated rings. The molecular formula is C20H21N5O4S3. The number of aromatic nitrogens is 2. The van der Waals surface area contributed by atoms with Gasteiger partial charge in [-0.05, 0) is 23.6 Å². The van der Waals surface area contributed by atoms with E-state index in [-0.39, 0.29) is 18.0 Å². The molecule has 12 heteroatoms. The van der Waals surface area contributed by atoms with Gasteiger partial charge in [-0.3, -0.25) is 14.5 Å². The third-order valence-electron chi connectivity index (χ3n) is 5.13. The van der Waals surface area contributed by atoms with Crippen molar-refractivity contribution in [2.24, 2.45) is 5.73 Å². The van der Waals surface area contributed by atoms with Crippen molar-refractivity contribution in [3.63, 3.8) is 0 Å². The van der Waals surface area contributed by atoms with Crippen molar-refractivity contribution in [3.05, 3.63) is 51.7 Å². The van der Waals surface area contributed by atoms with Gasteiger partial charge in [-0.1, -0.05) is 47.4 Å². The fourth-order valence-electron chi connectivity index (χ4n) is 3.61. The number of carbonyl (C=O) groups is 3. The number of thioether (sulfide) groups is 2. The highest BCUT2D eigenvalue weighted by Gasteiger charge is 2.54. The van der Waals surface area contributed by atoms with Crippen LogP contribution in [0, 0.1) is 6.92 Å². The third kappa shape index (κ3) is 4.53. The van der Waals surface area contributed by atoms with Crippen LogP contribution in [0.25, 0.3) is 0 Å². The van der Waals surface area contributed by atoms with Crippen LogP contribution in [0.2, 0.25) is 0 Å². The maximum absolute atomic E-state index is 12.8. The summed E-state index contributed by atoms with van der Waals surface area (Å²) in [6, 6.07) is 6.65. The second kappa shape index (κ2) is 9.61. The number of β-lactam (4-membered cyclic amide) rings is 1. The van der Waals surface area contributed by atoms with Gasteiger partial charge in [0.1, 0.15) is 22.1 Å². The predicted octanol–water partition coefficient (Wildman–Crippen LogP) is 1.38. The van der Waals surface area contributed by atoms with E-state index in [0.29, 0.717) is 23.6 Å². The topological polar surface area (TPSA) is 139 Å². The van der Waals surface area contributed by atoms with Crippen LogP contribution in [0.15, 0.2) is 39.9 Å². The number of benzene rings is 1. The molecule has 0 spiro atoms. The summed E-state index contributed by atoms with van der Waals surface area (Å²) in [5.74, 6) is -0.974. The van der Waals surface area contributed by atoms with Gasteiger partial charge in [0.05, 0.1) is 6.42 Å². The number of fused-ring (bicyclic) bond motifs is 1. The van der Waals surface area contributed by atoms with Crippen LogP contribution in [0.5, 0.6) is 0 Å². The predicted molar refractivity (Wildman–Crippen MR) is 123 cm³/mol. The van der Waals surface area contributed by atoms with Gasteiger partial charge in [-0.15, -0.1) is 22.0 Å². The number of nitrogens with two attached hydrogens (primary N) is 1. The summed E-state index contributed by atoms with van der Waals surface area (Å²) in [6.45, 7) is 2.18. The van der Waals surface area contributed by atoms with Crippen molar-refractivity contribution >= 4 is 52.6 Å². The zero-order valence-electron chi connectivity index (χ0n) is 17.1. The van der Waals surface area contributed by atoms with Gasteiger partial charge in [0.15, 0.2) is 4.34 Å². The van der Waals surface area contributed by atoms with Gasteiger partial charge >= 0.3 is 5.97 Å². The molecule has 0 saturated carbocycles. The van der Waals surface area contributed by atoms with Crippen LogP contribution in [-0.2, 0) is 27.3 Å². The Labute approximate surface area is 196 Å². The van der Waals surface area contributed by atoms with Crippen molar-refractivity contribution in [2.45, 2.75) is 35.6 Å². The Morgan fingerprint density at radius 3 is 2.72 bits per heavy atom. The maximum Gasteiger partial charge on any atom is 0.352 e. The number of hydrogen-bond donors (Lipinski definition) is 3. The largest absolute Gasteiger partial charge is 0.477 e. The average molecular weight is 492 g/mol. The molecule has 4 rings (SSSR count). The molecule has 1 unspecified atom stereocenters. The second-order valence-corrected chi connectivity index (χ2v) is 10.7. The lowest BCUT2D eigenvalue weighted by Crippen LogP contribution is -2.70. The minimum absolute atomic E-state index is 0.00598. The van der Waals surface area contributed by atoms with Gasteiger partial charge in [0.25, 0.3) is 5.91 Å². The molecule has 1 aromatic heterocycles. The first-order valence-electron chi connectivity index (χ1n) is 9.78. The highest BCUT2D eigenvalue weighted by molar-refractivity contribution is 8.01. The van der Waals surface area contributed by atoms with Gasteiger partial charge in [-0.25, -0.2) is 4.79 Å². The first-order chi connectivity index (χ1) is 15.4. The Hall–Kier alpha value is -2.41. The van der Waals surface area contributed by atoms with E-state index in [9.17, 15) is 19.5 Å². The Morgan fingerprint density at radius 1 is 1.31 bits per heavy atom. The van der Waals surface area contributed by atoms with Crippen LogP contribution in [-0.4, -0.2) is 60.9 Å². The summed E-state index contributed by atoms with van der Waals surface area (Å²) >= 11 is 4.30. The molecule has 1 saturated heterocycles. The molecule has 32 heavy (non-hydrogen) atoms. The summed E-state index contributed by atoms with van der Waals surface area (Å²) in [5.41, 5.74) is 8.08. The number of nitrogens with one attached hydrogen (secondary N) is 1. The van der Waals surface area contributed by atoms with E-state index in [1.54, 1.807) is 0 Å². The molecule has 2 aliphatic rings.